The normalized spacial score (nSPS) is 11.8. The van der Waals surface area contributed by atoms with Crippen LogP contribution in [-0.4, -0.2) is 13.1 Å². The average molecular weight is 348 g/mol. The number of ether oxygens (including phenoxy) is 1. The van der Waals surface area contributed by atoms with Crippen molar-refractivity contribution in [3.05, 3.63) is 63.6 Å². The fraction of sp³-hybridized carbons (Fsp3) is 0.235. The van der Waals surface area contributed by atoms with Crippen molar-refractivity contribution in [2.45, 2.75) is 19.9 Å². The summed E-state index contributed by atoms with van der Waals surface area (Å²) in [5.74, 6) is -0.302. The number of hydrogen-bond donors (Lipinski definition) is 1. The lowest BCUT2D eigenvalue weighted by Gasteiger charge is -2.20. The van der Waals surface area contributed by atoms with E-state index in [2.05, 4.69) is 21.2 Å². The molecule has 0 aliphatic heterocycles. The van der Waals surface area contributed by atoms with Gasteiger partial charge in [-0.3, -0.25) is 0 Å². The van der Waals surface area contributed by atoms with Crippen LogP contribution in [0.15, 0.2) is 46.9 Å². The molecule has 110 valence electrons. The van der Waals surface area contributed by atoms with Crippen LogP contribution in [-0.2, 0) is 9.53 Å². The molecule has 0 aliphatic rings. The highest BCUT2D eigenvalue weighted by molar-refractivity contribution is 9.10. The minimum absolute atomic E-state index is 0.302. The van der Waals surface area contributed by atoms with Crippen LogP contribution in [0.4, 0.5) is 5.69 Å². The first-order valence-electron chi connectivity index (χ1n) is 6.68. The van der Waals surface area contributed by atoms with Gasteiger partial charge in [-0.15, -0.1) is 0 Å². The van der Waals surface area contributed by atoms with Crippen LogP contribution >= 0.6 is 15.9 Å². The predicted octanol–water partition coefficient (Wildman–Crippen LogP) is 4.39. The quantitative estimate of drug-likeness (QED) is 0.833. The van der Waals surface area contributed by atoms with Crippen molar-refractivity contribution in [3.63, 3.8) is 0 Å². The van der Waals surface area contributed by atoms with Gasteiger partial charge in [0, 0.05) is 10.2 Å². The second kappa shape index (κ2) is 6.76. The van der Waals surface area contributed by atoms with Gasteiger partial charge in [-0.05, 0) is 43.2 Å². The maximum atomic E-state index is 12.2. The Bertz CT molecular complexity index is 655. The van der Waals surface area contributed by atoms with E-state index in [4.69, 9.17) is 4.74 Å². The predicted molar refractivity (Wildman–Crippen MR) is 88.4 cm³/mol. The monoisotopic (exact) mass is 347 g/mol. The van der Waals surface area contributed by atoms with Gasteiger partial charge in [0.05, 0.1) is 7.11 Å². The van der Waals surface area contributed by atoms with Crippen LogP contribution in [0.3, 0.4) is 0 Å². The lowest BCUT2D eigenvalue weighted by Crippen LogP contribution is -2.23. The maximum Gasteiger partial charge on any atom is 0.332 e. The molecule has 0 aliphatic carbocycles. The number of carbonyl (C=O) groups is 1. The van der Waals surface area contributed by atoms with Gasteiger partial charge in [0.1, 0.15) is 0 Å². The second-order valence-electron chi connectivity index (χ2n) is 4.97. The highest BCUT2D eigenvalue weighted by atomic mass is 79.9. The van der Waals surface area contributed by atoms with Crippen LogP contribution in [0.5, 0.6) is 0 Å². The van der Waals surface area contributed by atoms with Crippen molar-refractivity contribution >= 4 is 27.6 Å². The molecule has 0 amide bonds. The number of methoxy groups -OCH3 is 1. The highest BCUT2D eigenvalue weighted by Gasteiger charge is 2.23. The molecule has 0 saturated heterocycles. The zero-order chi connectivity index (χ0) is 15.4. The second-order valence-corrected chi connectivity index (χ2v) is 5.89. The third-order valence-corrected chi connectivity index (χ3v) is 3.81. The van der Waals surface area contributed by atoms with Crippen molar-refractivity contribution in [1.29, 1.82) is 0 Å². The Morgan fingerprint density at radius 2 is 1.95 bits per heavy atom. The summed E-state index contributed by atoms with van der Waals surface area (Å²) in [4.78, 5) is 12.2. The summed E-state index contributed by atoms with van der Waals surface area (Å²) in [6.45, 7) is 4.00. The van der Waals surface area contributed by atoms with Crippen molar-refractivity contribution < 1.29 is 9.53 Å². The van der Waals surface area contributed by atoms with Gasteiger partial charge in [-0.2, -0.15) is 0 Å². The fourth-order valence-electron chi connectivity index (χ4n) is 2.20. The number of hydrogen-bond acceptors (Lipinski definition) is 3. The standard InChI is InChI=1S/C17H18BrNO2/c1-11-7-8-12(2)15(9-11)16(17(20)21-3)19-14-6-4-5-13(18)10-14/h4-10,16,19H,1-3H3. The first kappa shape index (κ1) is 15.6. The molecule has 1 unspecified atom stereocenters. The Labute approximate surface area is 133 Å². The summed E-state index contributed by atoms with van der Waals surface area (Å²) >= 11 is 3.43. The lowest BCUT2D eigenvalue weighted by atomic mass is 9.98. The fourth-order valence-corrected chi connectivity index (χ4v) is 2.60. The Hall–Kier alpha value is -1.81. The summed E-state index contributed by atoms with van der Waals surface area (Å²) < 4.78 is 5.91. The van der Waals surface area contributed by atoms with E-state index in [1.165, 1.54) is 7.11 Å². The van der Waals surface area contributed by atoms with E-state index in [0.29, 0.717) is 0 Å². The van der Waals surface area contributed by atoms with E-state index in [1.54, 1.807) is 0 Å². The molecule has 1 N–H and O–H groups in total. The molecule has 0 spiro atoms. The van der Waals surface area contributed by atoms with Crippen LogP contribution in [0.25, 0.3) is 0 Å². The summed E-state index contributed by atoms with van der Waals surface area (Å²) in [6.07, 6.45) is 0. The molecule has 0 heterocycles. The van der Waals surface area contributed by atoms with Crippen LogP contribution in [0, 0.1) is 13.8 Å². The molecule has 2 aromatic rings. The Morgan fingerprint density at radius 3 is 2.62 bits per heavy atom. The van der Waals surface area contributed by atoms with Crippen molar-refractivity contribution in [1.82, 2.24) is 0 Å². The molecule has 21 heavy (non-hydrogen) atoms. The highest BCUT2D eigenvalue weighted by Crippen LogP contribution is 2.26. The van der Waals surface area contributed by atoms with Gasteiger partial charge in [-0.1, -0.05) is 45.8 Å². The van der Waals surface area contributed by atoms with E-state index < -0.39 is 6.04 Å². The summed E-state index contributed by atoms with van der Waals surface area (Å²) in [5.41, 5.74) is 3.96. The number of carbonyl (C=O) groups excluding carboxylic acids is 1. The Kier molecular flexibility index (Phi) is 5.02. The van der Waals surface area contributed by atoms with E-state index in [0.717, 1.165) is 26.9 Å². The molecule has 1 atom stereocenters. The molecule has 3 nitrogen and oxygen atoms in total. The Morgan fingerprint density at radius 1 is 1.19 bits per heavy atom. The molecule has 0 aromatic heterocycles. The number of benzene rings is 2. The van der Waals surface area contributed by atoms with E-state index in [-0.39, 0.29) is 5.97 Å². The molecule has 0 radical (unpaired) electrons. The summed E-state index contributed by atoms with van der Waals surface area (Å²) in [5, 5.41) is 3.25. The lowest BCUT2D eigenvalue weighted by molar-refractivity contribution is -0.141. The molecule has 2 rings (SSSR count). The van der Waals surface area contributed by atoms with Crippen LogP contribution in [0.2, 0.25) is 0 Å². The third-order valence-electron chi connectivity index (χ3n) is 3.32. The first-order chi connectivity index (χ1) is 10.0. The topological polar surface area (TPSA) is 38.3 Å². The van der Waals surface area contributed by atoms with Gasteiger partial charge >= 0.3 is 5.97 Å². The van der Waals surface area contributed by atoms with Crippen LogP contribution < -0.4 is 5.32 Å². The molecule has 0 fully saturated rings. The van der Waals surface area contributed by atoms with Crippen molar-refractivity contribution in [2.75, 3.05) is 12.4 Å². The zero-order valence-electron chi connectivity index (χ0n) is 12.3. The van der Waals surface area contributed by atoms with Gasteiger partial charge < -0.3 is 10.1 Å². The molecule has 0 bridgehead atoms. The van der Waals surface area contributed by atoms with E-state index >= 15 is 0 Å². The van der Waals surface area contributed by atoms with Crippen LogP contribution in [0.1, 0.15) is 22.7 Å². The number of nitrogens with one attached hydrogen (secondary N) is 1. The van der Waals surface area contributed by atoms with Crippen molar-refractivity contribution in [2.24, 2.45) is 0 Å². The number of halogens is 1. The molecule has 2 aromatic carbocycles. The molecular formula is C17H18BrNO2. The number of aryl methyl sites for hydroxylation is 2. The molecule has 0 saturated carbocycles. The summed E-state index contributed by atoms with van der Waals surface area (Å²) in [7, 11) is 1.41. The zero-order valence-corrected chi connectivity index (χ0v) is 13.9. The number of anilines is 1. The number of esters is 1. The largest absolute Gasteiger partial charge is 0.467 e. The van der Waals surface area contributed by atoms with E-state index in [1.807, 2.05) is 56.3 Å². The third kappa shape index (κ3) is 3.85. The minimum Gasteiger partial charge on any atom is -0.467 e. The van der Waals surface area contributed by atoms with Gasteiger partial charge in [0.2, 0.25) is 0 Å². The SMILES string of the molecule is COC(=O)C(Nc1cccc(Br)c1)c1cc(C)ccc1C. The smallest absolute Gasteiger partial charge is 0.332 e. The molecular weight excluding hydrogens is 330 g/mol. The van der Waals surface area contributed by atoms with Gasteiger partial charge in [0.15, 0.2) is 6.04 Å². The van der Waals surface area contributed by atoms with Crippen molar-refractivity contribution in [3.8, 4) is 0 Å². The number of rotatable bonds is 4. The van der Waals surface area contributed by atoms with Gasteiger partial charge in [-0.25, -0.2) is 4.79 Å². The van der Waals surface area contributed by atoms with Gasteiger partial charge in [0.25, 0.3) is 0 Å². The first-order valence-corrected chi connectivity index (χ1v) is 7.47. The summed E-state index contributed by atoms with van der Waals surface area (Å²) in [6, 6.07) is 13.3. The van der Waals surface area contributed by atoms with E-state index in [9.17, 15) is 4.79 Å². The Balaban J connectivity index is 2.39. The molecule has 4 heteroatoms. The average Bonchev–Trinajstić information content (AvgIpc) is 2.47. The minimum atomic E-state index is -0.524. The maximum absolute atomic E-state index is 12.2.